The van der Waals surface area contributed by atoms with E-state index in [1.54, 1.807) is 13.1 Å². The monoisotopic (exact) mass is 367 g/mol. The van der Waals surface area contributed by atoms with Gasteiger partial charge in [0.15, 0.2) is 0 Å². The van der Waals surface area contributed by atoms with E-state index in [0.717, 1.165) is 28.7 Å². The van der Waals surface area contributed by atoms with E-state index in [1.165, 1.54) is 7.11 Å². The van der Waals surface area contributed by atoms with Crippen LogP contribution in [0.3, 0.4) is 0 Å². The SMILES string of the molecule is COC(=O)[C@@H]1C[C@H](Nc2nccc3ccc(-c4noc(C)n4)cc23)CN1C. The van der Waals surface area contributed by atoms with Crippen molar-refractivity contribution in [1.29, 1.82) is 0 Å². The summed E-state index contributed by atoms with van der Waals surface area (Å²) in [7, 11) is 3.35. The first-order chi connectivity index (χ1) is 13.0. The molecule has 0 saturated carbocycles. The molecule has 1 saturated heterocycles. The number of anilines is 1. The molecule has 4 rings (SSSR count). The first-order valence-electron chi connectivity index (χ1n) is 8.79. The number of aromatic nitrogens is 3. The van der Waals surface area contributed by atoms with Crippen molar-refractivity contribution in [2.45, 2.75) is 25.4 Å². The van der Waals surface area contributed by atoms with E-state index in [9.17, 15) is 4.79 Å². The normalized spacial score (nSPS) is 20.1. The molecule has 0 amide bonds. The molecular weight excluding hydrogens is 346 g/mol. The lowest BCUT2D eigenvalue weighted by molar-refractivity contribution is -0.145. The summed E-state index contributed by atoms with van der Waals surface area (Å²) in [6.45, 7) is 2.50. The number of rotatable bonds is 4. The van der Waals surface area contributed by atoms with E-state index < -0.39 is 0 Å². The maximum Gasteiger partial charge on any atom is 0.323 e. The molecule has 1 aliphatic rings. The largest absolute Gasteiger partial charge is 0.468 e. The first-order valence-corrected chi connectivity index (χ1v) is 8.79. The highest BCUT2D eigenvalue weighted by molar-refractivity contribution is 5.94. The number of nitrogens with zero attached hydrogens (tertiary/aromatic N) is 4. The lowest BCUT2D eigenvalue weighted by atomic mass is 10.1. The number of aryl methyl sites for hydroxylation is 1. The smallest absolute Gasteiger partial charge is 0.323 e. The minimum absolute atomic E-state index is 0.105. The summed E-state index contributed by atoms with van der Waals surface area (Å²) in [6.07, 6.45) is 2.45. The molecule has 2 aromatic heterocycles. The van der Waals surface area contributed by atoms with E-state index in [1.807, 2.05) is 36.2 Å². The second kappa shape index (κ2) is 6.96. The van der Waals surface area contributed by atoms with Crippen molar-refractivity contribution in [3.05, 3.63) is 36.4 Å². The zero-order valence-electron chi connectivity index (χ0n) is 15.5. The number of benzene rings is 1. The fourth-order valence-electron chi connectivity index (χ4n) is 3.55. The van der Waals surface area contributed by atoms with Crippen LogP contribution < -0.4 is 5.32 Å². The van der Waals surface area contributed by atoms with Gasteiger partial charge in [0, 0.05) is 36.7 Å². The third kappa shape index (κ3) is 3.35. The fourth-order valence-corrected chi connectivity index (χ4v) is 3.55. The molecule has 2 atom stereocenters. The molecule has 3 aromatic rings. The quantitative estimate of drug-likeness (QED) is 0.702. The molecule has 0 bridgehead atoms. The number of esters is 1. The topological polar surface area (TPSA) is 93.4 Å². The zero-order valence-corrected chi connectivity index (χ0v) is 15.5. The number of likely N-dealkylation sites (N-methyl/N-ethyl adjacent to an activating group) is 1. The van der Waals surface area contributed by atoms with Gasteiger partial charge in [-0.3, -0.25) is 9.69 Å². The van der Waals surface area contributed by atoms with Crippen molar-refractivity contribution >= 4 is 22.6 Å². The van der Waals surface area contributed by atoms with Gasteiger partial charge in [-0.15, -0.1) is 0 Å². The lowest BCUT2D eigenvalue weighted by Gasteiger charge is -2.15. The van der Waals surface area contributed by atoms with Gasteiger partial charge in [-0.25, -0.2) is 4.98 Å². The average molecular weight is 367 g/mol. The minimum Gasteiger partial charge on any atom is -0.468 e. The van der Waals surface area contributed by atoms with Crippen molar-refractivity contribution in [1.82, 2.24) is 20.0 Å². The number of ether oxygens (including phenoxy) is 1. The summed E-state index contributed by atoms with van der Waals surface area (Å²) >= 11 is 0. The standard InChI is InChI=1S/C19H21N5O3/c1-11-21-17(23-27-11)13-5-4-12-6-7-20-18(15(12)8-13)22-14-9-16(19(25)26-3)24(2)10-14/h4-8,14,16H,9-10H2,1-3H3,(H,20,22)/t14-,16-/m0/s1. The second-order valence-corrected chi connectivity index (χ2v) is 6.79. The van der Waals surface area contributed by atoms with Gasteiger partial charge in [-0.2, -0.15) is 4.98 Å². The predicted molar refractivity (Wildman–Crippen MR) is 100 cm³/mol. The number of nitrogens with one attached hydrogen (secondary N) is 1. The Balaban J connectivity index is 1.63. The van der Waals surface area contributed by atoms with E-state index in [0.29, 0.717) is 18.1 Å². The predicted octanol–water partition coefficient (Wildman–Crippen LogP) is 2.25. The first kappa shape index (κ1) is 17.4. The highest BCUT2D eigenvalue weighted by atomic mass is 16.5. The Labute approximate surface area is 156 Å². The molecule has 8 nitrogen and oxygen atoms in total. The van der Waals surface area contributed by atoms with Crippen molar-refractivity contribution < 1.29 is 14.1 Å². The van der Waals surface area contributed by atoms with E-state index in [2.05, 4.69) is 20.4 Å². The zero-order chi connectivity index (χ0) is 19.0. The van der Waals surface area contributed by atoms with Crippen LogP contribution in [0.2, 0.25) is 0 Å². The minimum atomic E-state index is -0.236. The molecule has 27 heavy (non-hydrogen) atoms. The van der Waals surface area contributed by atoms with Gasteiger partial charge < -0.3 is 14.6 Å². The van der Waals surface area contributed by atoms with Crippen LogP contribution in [0.1, 0.15) is 12.3 Å². The van der Waals surface area contributed by atoms with Gasteiger partial charge in [0.25, 0.3) is 0 Å². The Kier molecular flexibility index (Phi) is 4.49. The molecule has 8 heteroatoms. The van der Waals surface area contributed by atoms with Crippen molar-refractivity contribution in [3.8, 4) is 11.4 Å². The number of fused-ring (bicyclic) bond motifs is 1. The van der Waals surface area contributed by atoms with Gasteiger partial charge in [0.1, 0.15) is 11.9 Å². The average Bonchev–Trinajstić information content (AvgIpc) is 3.26. The van der Waals surface area contributed by atoms with Crippen molar-refractivity contribution in [2.24, 2.45) is 0 Å². The molecule has 1 fully saturated rings. The number of carbonyl (C=O) groups is 1. The molecule has 0 unspecified atom stereocenters. The second-order valence-electron chi connectivity index (χ2n) is 6.79. The van der Waals surface area contributed by atoms with Crippen molar-refractivity contribution in [3.63, 3.8) is 0 Å². The third-order valence-electron chi connectivity index (χ3n) is 4.91. The molecule has 1 aliphatic heterocycles. The fraction of sp³-hybridized carbons (Fsp3) is 0.368. The van der Waals surface area contributed by atoms with Crippen LogP contribution in [0.15, 0.2) is 35.0 Å². The van der Waals surface area contributed by atoms with Crippen LogP contribution >= 0.6 is 0 Å². The van der Waals surface area contributed by atoms with Crippen LogP contribution in [0.25, 0.3) is 22.2 Å². The van der Waals surface area contributed by atoms with Crippen LogP contribution in [0.5, 0.6) is 0 Å². The Bertz CT molecular complexity index is 986. The van der Waals surface area contributed by atoms with E-state index in [4.69, 9.17) is 9.26 Å². The van der Waals surface area contributed by atoms with Gasteiger partial charge in [0.2, 0.25) is 11.7 Å². The number of hydrogen-bond donors (Lipinski definition) is 1. The Morgan fingerprint density at radius 3 is 2.96 bits per heavy atom. The molecule has 3 heterocycles. The van der Waals surface area contributed by atoms with Crippen LogP contribution in [-0.4, -0.2) is 58.8 Å². The van der Waals surface area contributed by atoms with Gasteiger partial charge in [-0.1, -0.05) is 17.3 Å². The number of pyridine rings is 1. The summed E-state index contributed by atoms with van der Waals surface area (Å²) in [5.41, 5.74) is 0.867. The van der Waals surface area contributed by atoms with Crippen LogP contribution in [-0.2, 0) is 9.53 Å². The summed E-state index contributed by atoms with van der Waals surface area (Å²) in [5.74, 6) is 1.65. The van der Waals surface area contributed by atoms with Gasteiger partial charge in [-0.05, 0) is 31.0 Å². The van der Waals surface area contributed by atoms with Gasteiger partial charge in [0.05, 0.1) is 7.11 Å². The number of hydrogen-bond acceptors (Lipinski definition) is 8. The molecule has 140 valence electrons. The summed E-state index contributed by atoms with van der Waals surface area (Å²) in [5, 5.41) is 9.51. The highest BCUT2D eigenvalue weighted by Crippen LogP contribution is 2.28. The lowest BCUT2D eigenvalue weighted by Crippen LogP contribution is -2.33. The highest BCUT2D eigenvalue weighted by Gasteiger charge is 2.35. The Morgan fingerprint density at radius 1 is 1.37 bits per heavy atom. The maximum absolute atomic E-state index is 11.9. The third-order valence-corrected chi connectivity index (χ3v) is 4.91. The van der Waals surface area contributed by atoms with Gasteiger partial charge >= 0.3 is 5.97 Å². The molecule has 0 spiro atoms. The van der Waals surface area contributed by atoms with Crippen LogP contribution in [0.4, 0.5) is 5.82 Å². The molecular formula is C19H21N5O3. The van der Waals surface area contributed by atoms with Crippen LogP contribution in [0, 0.1) is 6.92 Å². The summed E-state index contributed by atoms with van der Waals surface area (Å²) in [6, 6.07) is 7.82. The molecule has 0 radical (unpaired) electrons. The van der Waals surface area contributed by atoms with E-state index >= 15 is 0 Å². The van der Waals surface area contributed by atoms with E-state index in [-0.39, 0.29) is 18.1 Å². The number of carbonyl (C=O) groups excluding carboxylic acids is 1. The molecule has 1 N–H and O–H groups in total. The molecule has 0 aliphatic carbocycles. The Hall–Kier alpha value is -3.00. The summed E-state index contributed by atoms with van der Waals surface area (Å²) in [4.78, 5) is 22.7. The van der Waals surface area contributed by atoms with Crippen molar-refractivity contribution in [2.75, 3.05) is 26.0 Å². The summed E-state index contributed by atoms with van der Waals surface area (Å²) < 4.78 is 9.98. The maximum atomic E-state index is 11.9. The Morgan fingerprint density at radius 2 is 2.22 bits per heavy atom. The number of likely N-dealkylation sites (tertiary alicyclic amines) is 1. The molecule has 1 aromatic carbocycles. The number of methoxy groups -OCH3 is 1.